The molecule has 72 valence electrons. The third kappa shape index (κ3) is 4.05. The number of benzene rings is 1. The smallest absolute Gasteiger partial charge is 0.337 e. The second-order valence-corrected chi connectivity index (χ2v) is 2.78. The first-order valence-corrected chi connectivity index (χ1v) is 4.75. The van der Waals surface area contributed by atoms with Crippen LogP contribution >= 0.6 is 9.24 Å². The van der Waals surface area contributed by atoms with Crippen molar-refractivity contribution < 1.29 is 9.53 Å². The van der Waals surface area contributed by atoms with Crippen molar-refractivity contribution in [2.75, 3.05) is 7.11 Å². The van der Waals surface area contributed by atoms with Crippen LogP contribution in [0.4, 0.5) is 0 Å². The topological polar surface area (TPSA) is 26.3 Å². The van der Waals surface area contributed by atoms with Crippen LogP contribution in [0.15, 0.2) is 24.3 Å². The Labute approximate surface area is 81.5 Å². The van der Waals surface area contributed by atoms with Crippen LogP contribution in [-0.4, -0.2) is 13.1 Å². The Morgan fingerprint density at radius 3 is 2.46 bits per heavy atom. The molecule has 0 radical (unpaired) electrons. The van der Waals surface area contributed by atoms with Crippen molar-refractivity contribution in [1.82, 2.24) is 0 Å². The average molecular weight is 198 g/mol. The van der Waals surface area contributed by atoms with E-state index in [0.29, 0.717) is 5.56 Å². The van der Waals surface area contributed by atoms with Crippen LogP contribution in [0.5, 0.6) is 0 Å². The first-order valence-electron chi connectivity index (χ1n) is 4.18. The molecule has 0 aromatic heterocycles. The summed E-state index contributed by atoms with van der Waals surface area (Å²) in [6.45, 7) is 4.00. The number of carbonyl (C=O) groups excluding carboxylic acids is 1. The maximum Gasteiger partial charge on any atom is 0.337 e. The normalized spacial score (nSPS) is 8.31. The molecule has 0 saturated carbocycles. The van der Waals surface area contributed by atoms with Gasteiger partial charge in [-0.2, -0.15) is 0 Å². The highest BCUT2D eigenvalue weighted by atomic mass is 31.0. The predicted octanol–water partition coefficient (Wildman–Crippen LogP) is 2.00. The quantitative estimate of drug-likeness (QED) is 0.509. The van der Waals surface area contributed by atoms with Crippen molar-refractivity contribution in [3.8, 4) is 0 Å². The van der Waals surface area contributed by atoms with E-state index < -0.39 is 0 Å². The van der Waals surface area contributed by atoms with Gasteiger partial charge in [-0.05, 0) is 17.4 Å². The van der Waals surface area contributed by atoms with Crippen molar-refractivity contribution in [3.63, 3.8) is 0 Å². The Kier molecular flexibility index (Phi) is 6.17. The van der Waals surface area contributed by atoms with Gasteiger partial charge in [0.15, 0.2) is 0 Å². The average Bonchev–Trinajstić information content (AvgIpc) is 2.20. The van der Waals surface area contributed by atoms with E-state index in [1.807, 2.05) is 26.0 Å². The van der Waals surface area contributed by atoms with Gasteiger partial charge >= 0.3 is 5.97 Å². The SMILES string of the molecule is CC.COC(=O)c1cccc(P)c1. The molecule has 0 spiro atoms. The Bertz CT molecular complexity index is 271. The summed E-state index contributed by atoms with van der Waals surface area (Å²) in [4.78, 5) is 10.9. The van der Waals surface area contributed by atoms with Crippen LogP contribution in [0.1, 0.15) is 24.2 Å². The molecule has 0 bridgehead atoms. The summed E-state index contributed by atoms with van der Waals surface area (Å²) in [6, 6.07) is 7.20. The van der Waals surface area contributed by atoms with Crippen molar-refractivity contribution in [3.05, 3.63) is 29.8 Å². The van der Waals surface area contributed by atoms with Gasteiger partial charge in [0.2, 0.25) is 0 Å². The van der Waals surface area contributed by atoms with E-state index in [1.54, 1.807) is 12.1 Å². The summed E-state index contributed by atoms with van der Waals surface area (Å²) >= 11 is 0. The van der Waals surface area contributed by atoms with Gasteiger partial charge in [-0.25, -0.2) is 4.79 Å². The van der Waals surface area contributed by atoms with E-state index in [2.05, 4.69) is 14.0 Å². The molecule has 0 aliphatic rings. The summed E-state index contributed by atoms with van der Waals surface area (Å²) in [5, 5.41) is 0.980. The van der Waals surface area contributed by atoms with Gasteiger partial charge in [-0.15, -0.1) is 9.24 Å². The number of hydrogen-bond acceptors (Lipinski definition) is 2. The van der Waals surface area contributed by atoms with E-state index >= 15 is 0 Å². The fourth-order valence-corrected chi connectivity index (χ4v) is 1.07. The fourth-order valence-electron chi connectivity index (χ4n) is 0.783. The maximum absolute atomic E-state index is 10.9. The van der Waals surface area contributed by atoms with Crippen LogP contribution in [-0.2, 0) is 4.74 Å². The van der Waals surface area contributed by atoms with Crippen LogP contribution in [0, 0.1) is 0 Å². The molecule has 1 rings (SSSR count). The lowest BCUT2D eigenvalue weighted by atomic mass is 10.2. The molecular formula is C10H15O2P. The standard InChI is InChI=1S/C8H9O2P.C2H6/c1-10-8(9)6-3-2-4-7(11)5-6;1-2/h2-5H,11H2,1H3;1-2H3. The fraction of sp³-hybridized carbons (Fsp3) is 0.300. The zero-order chi connectivity index (χ0) is 10.3. The second kappa shape index (κ2) is 6.62. The van der Waals surface area contributed by atoms with E-state index in [9.17, 15) is 4.79 Å². The molecule has 3 heteroatoms. The van der Waals surface area contributed by atoms with Crippen molar-refractivity contribution >= 4 is 20.5 Å². The van der Waals surface area contributed by atoms with Crippen molar-refractivity contribution in [2.45, 2.75) is 13.8 Å². The Balaban J connectivity index is 0.000000671. The maximum atomic E-state index is 10.9. The van der Waals surface area contributed by atoms with Crippen molar-refractivity contribution in [2.24, 2.45) is 0 Å². The summed E-state index contributed by atoms with van der Waals surface area (Å²) in [5.74, 6) is -0.297. The first-order chi connectivity index (χ1) is 6.24. The summed E-state index contributed by atoms with van der Waals surface area (Å²) in [7, 11) is 3.89. The van der Waals surface area contributed by atoms with Gasteiger partial charge in [0.1, 0.15) is 0 Å². The zero-order valence-corrected chi connectivity index (χ0v) is 9.36. The van der Waals surface area contributed by atoms with Gasteiger partial charge in [0.05, 0.1) is 12.7 Å². The Morgan fingerprint density at radius 2 is 2.00 bits per heavy atom. The van der Waals surface area contributed by atoms with Gasteiger partial charge in [-0.1, -0.05) is 26.0 Å². The second-order valence-electron chi connectivity index (χ2n) is 2.12. The molecule has 1 aromatic carbocycles. The zero-order valence-electron chi connectivity index (χ0n) is 8.20. The van der Waals surface area contributed by atoms with E-state index in [-0.39, 0.29) is 5.97 Å². The van der Waals surface area contributed by atoms with Gasteiger partial charge < -0.3 is 4.74 Å². The highest BCUT2D eigenvalue weighted by Crippen LogP contribution is 2.00. The monoisotopic (exact) mass is 198 g/mol. The molecule has 0 aliphatic carbocycles. The third-order valence-electron chi connectivity index (χ3n) is 1.31. The molecule has 0 aliphatic heterocycles. The van der Waals surface area contributed by atoms with Crippen LogP contribution in [0.3, 0.4) is 0 Å². The highest BCUT2D eigenvalue weighted by molar-refractivity contribution is 7.27. The van der Waals surface area contributed by atoms with E-state index in [0.717, 1.165) is 5.30 Å². The first kappa shape index (κ1) is 12.1. The van der Waals surface area contributed by atoms with Crippen LogP contribution in [0.2, 0.25) is 0 Å². The molecule has 2 nitrogen and oxygen atoms in total. The predicted molar refractivity (Wildman–Crippen MR) is 58.5 cm³/mol. The Morgan fingerprint density at radius 1 is 1.38 bits per heavy atom. The lowest BCUT2D eigenvalue weighted by Gasteiger charge is -1.98. The minimum absolute atomic E-state index is 0.297. The molecule has 0 saturated heterocycles. The number of ether oxygens (including phenoxy) is 1. The molecule has 0 heterocycles. The largest absolute Gasteiger partial charge is 0.465 e. The van der Waals surface area contributed by atoms with Crippen molar-refractivity contribution in [1.29, 1.82) is 0 Å². The van der Waals surface area contributed by atoms with Gasteiger partial charge in [0.25, 0.3) is 0 Å². The molecule has 0 fully saturated rings. The number of esters is 1. The number of methoxy groups -OCH3 is 1. The van der Waals surface area contributed by atoms with E-state index in [4.69, 9.17) is 0 Å². The molecule has 0 amide bonds. The minimum atomic E-state index is -0.297. The lowest BCUT2D eigenvalue weighted by Crippen LogP contribution is -2.03. The number of hydrogen-bond donors (Lipinski definition) is 0. The highest BCUT2D eigenvalue weighted by Gasteiger charge is 2.02. The third-order valence-corrected chi connectivity index (χ3v) is 1.67. The summed E-state index contributed by atoms with van der Waals surface area (Å²) < 4.78 is 4.54. The summed E-state index contributed by atoms with van der Waals surface area (Å²) in [5.41, 5.74) is 0.583. The van der Waals surface area contributed by atoms with Gasteiger partial charge in [0, 0.05) is 0 Å². The molecular weight excluding hydrogens is 183 g/mol. The lowest BCUT2D eigenvalue weighted by molar-refractivity contribution is 0.0601. The number of carbonyl (C=O) groups is 1. The molecule has 0 N–H and O–H groups in total. The van der Waals surface area contributed by atoms with Crippen LogP contribution < -0.4 is 5.30 Å². The Hall–Kier alpha value is -0.880. The van der Waals surface area contributed by atoms with Crippen LogP contribution in [0.25, 0.3) is 0 Å². The van der Waals surface area contributed by atoms with E-state index in [1.165, 1.54) is 7.11 Å². The summed E-state index contributed by atoms with van der Waals surface area (Å²) in [6.07, 6.45) is 0. The number of rotatable bonds is 1. The molecule has 1 aromatic rings. The molecule has 13 heavy (non-hydrogen) atoms. The molecule has 1 atom stereocenters. The van der Waals surface area contributed by atoms with Gasteiger partial charge in [-0.3, -0.25) is 0 Å². The minimum Gasteiger partial charge on any atom is -0.465 e. The molecule has 1 unspecified atom stereocenters.